The molecule has 2 aromatic rings. The zero-order valence-corrected chi connectivity index (χ0v) is 10.7. The average Bonchev–Trinajstić information content (AvgIpc) is 2.69. The monoisotopic (exact) mass is 287 g/mol. The van der Waals surface area contributed by atoms with Crippen LogP contribution in [-0.4, -0.2) is 45.2 Å². The molecule has 0 aliphatic carbocycles. The van der Waals surface area contributed by atoms with Gasteiger partial charge in [0.1, 0.15) is 0 Å². The number of aromatic nitrogens is 1. The fraction of sp³-hybridized carbons (Fsp3) is 0.429. The van der Waals surface area contributed by atoms with E-state index in [0.717, 1.165) is 24.8 Å². The van der Waals surface area contributed by atoms with Gasteiger partial charge < -0.3 is 9.52 Å². The molecule has 0 amide bonds. The standard InChI is InChI=1S/C14H17NO4.Na.H/c16-13(17)9-3-1-2-6-10-15-11-7-4-5-8-12(11)19-14(15)18;;/h4-5,7-8H,1-3,6,9-10H2,(H,16,17);;. The summed E-state index contributed by atoms with van der Waals surface area (Å²) < 4.78 is 6.77. The molecule has 104 valence electrons. The summed E-state index contributed by atoms with van der Waals surface area (Å²) in [4.78, 5) is 22.0. The van der Waals surface area contributed by atoms with Crippen molar-refractivity contribution in [1.29, 1.82) is 0 Å². The number of rotatable bonds is 7. The first-order chi connectivity index (χ1) is 9.18. The first-order valence-corrected chi connectivity index (χ1v) is 6.48. The van der Waals surface area contributed by atoms with Gasteiger partial charge in [0, 0.05) is 13.0 Å². The van der Waals surface area contributed by atoms with Crippen LogP contribution < -0.4 is 5.76 Å². The Bertz CT molecular complexity index is 617. The van der Waals surface area contributed by atoms with Crippen molar-refractivity contribution in [2.75, 3.05) is 0 Å². The molecule has 0 saturated carbocycles. The number of carbonyl (C=O) groups is 1. The van der Waals surface area contributed by atoms with Gasteiger partial charge in [-0.2, -0.15) is 0 Å². The molecule has 0 atom stereocenters. The van der Waals surface area contributed by atoms with Crippen molar-refractivity contribution in [3.05, 3.63) is 34.8 Å². The summed E-state index contributed by atoms with van der Waals surface area (Å²) in [6.45, 7) is 0.614. The van der Waals surface area contributed by atoms with E-state index in [0.29, 0.717) is 18.5 Å². The van der Waals surface area contributed by atoms with Crippen LogP contribution >= 0.6 is 0 Å². The normalized spacial score (nSPS) is 10.4. The Balaban J connectivity index is 0.00000200. The Morgan fingerprint density at radius 1 is 1.15 bits per heavy atom. The van der Waals surface area contributed by atoms with Crippen molar-refractivity contribution < 1.29 is 14.3 Å². The van der Waals surface area contributed by atoms with Crippen molar-refractivity contribution in [3.63, 3.8) is 0 Å². The number of aliphatic carboxylic acids is 1. The third kappa shape index (κ3) is 4.51. The van der Waals surface area contributed by atoms with Gasteiger partial charge in [0.15, 0.2) is 5.58 Å². The van der Waals surface area contributed by atoms with Crippen molar-refractivity contribution in [2.45, 2.75) is 38.6 Å². The van der Waals surface area contributed by atoms with E-state index in [1.807, 2.05) is 18.2 Å². The van der Waals surface area contributed by atoms with Crippen LogP contribution in [0, 0.1) is 0 Å². The number of carboxylic acid groups (broad SMARTS) is 1. The molecule has 1 heterocycles. The van der Waals surface area contributed by atoms with Crippen molar-refractivity contribution in [1.82, 2.24) is 4.57 Å². The van der Waals surface area contributed by atoms with Crippen LogP contribution in [-0.2, 0) is 11.3 Å². The van der Waals surface area contributed by atoms with Gasteiger partial charge in [-0.1, -0.05) is 25.0 Å². The first-order valence-electron chi connectivity index (χ1n) is 6.48. The van der Waals surface area contributed by atoms with Crippen molar-refractivity contribution in [2.24, 2.45) is 0 Å². The third-order valence-electron chi connectivity index (χ3n) is 3.10. The van der Waals surface area contributed by atoms with Gasteiger partial charge >= 0.3 is 41.3 Å². The zero-order chi connectivity index (χ0) is 13.7. The number of fused-ring (bicyclic) bond motifs is 1. The molecule has 6 heteroatoms. The van der Waals surface area contributed by atoms with Crippen LogP contribution in [0.5, 0.6) is 0 Å². The van der Waals surface area contributed by atoms with Crippen molar-refractivity contribution >= 4 is 46.6 Å². The molecule has 1 N–H and O–H groups in total. The summed E-state index contributed by atoms with van der Waals surface area (Å²) in [5.74, 6) is -1.08. The molecule has 5 nitrogen and oxygen atoms in total. The van der Waals surface area contributed by atoms with E-state index in [-0.39, 0.29) is 41.7 Å². The van der Waals surface area contributed by atoms with Gasteiger partial charge in [0.2, 0.25) is 0 Å². The number of para-hydroxylation sites is 2. The van der Waals surface area contributed by atoms with E-state index in [4.69, 9.17) is 9.52 Å². The molecule has 0 aliphatic rings. The predicted molar refractivity (Wildman–Crippen MR) is 78.3 cm³/mol. The molecule has 1 aromatic carbocycles. The molecule has 0 aliphatic heterocycles. The molecule has 0 radical (unpaired) electrons. The van der Waals surface area contributed by atoms with Crippen LogP contribution in [0.4, 0.5) is 0 Å². The molecular weight excluding hydrogens is 269 g/mol. The second kappa shape index (κ2) is 8.29. The number of aryl methyl sites for hydroxylation is 1. The van der Waals surface area contributed by atoms with Crippen molar-refractivity contribution in [3.8, 4) is 0 Å². The Morgan fingerprint density at radius 2 is 1.85 bits per heavy atom. The third-order valence-corrected chi connectivity index (χ3v) is 3.10. The quantitative estimate of drug-likeness (QED) is 0.624. The molecule has 1 aromatic heterocycles. The Hall–Kier alpha value is -1.04. The van der Waals surface area contributed by atoms with Gasteiger partial charge in [-0.3, -0.25) is 9.36 Å². The van der Waals surface area contributed by atoms with Crippen LogP contribution in [0.2, 0.25) is 0 Å². The average molecular weight is 287 g/mol. The number of benzene rings is 1. The second-order valence-corrected chi connectivity index (χ2v) is 4.55. The van der Waals surface area contributed by atoms with E-state index in [1.165, 1.54) is 0 Å². The maximum atomic E-state index is 11.7. The fourth-order valence-corrected chi connectivity index (χ4v) is 2.13. The molecule has 0 unspecified atom stereocenters. The Morgan fingerprint density at radius 3 is 2.60 bits per heavy atom. The molecule has 0 bridgehead atoms. The molecular formula is C14H18NNaO4. The van der Waals surface area contributed by atoms with Gasteiger partial charge in [-0.05, 0) is 25.0 Å². The summed E-state index contributed by atoms with van der Waals surface area (Å²) in [6.07, 6.45) is 3.55. The summed E-state index contributed by atoms with van der Waals surface area (Å²) in [5, 5.41) is 8.52. The van der Waals surface area contributed by atoms with Gasteiger partial charge in [-0.25, -0.2) is 4.79 Å². The van der Waals surface area contributed by atoms with Crippen LogP contribution in [0.15, 0.2) is 33.5 Å². The topological polar surface area (TPSA) is 72.4 Å². The van der Waals surface area contributed by atoms with Crippen LogP contribution in [0.3, 0.4) is 0 Å². The van der Waals surface area contributed by atoms with Crippen LogP contribution in [0.1, 0.15) is 32.1 Å². The number of hydrogen-bond acceptors (Lipinski definition) is 3. The number of nitrogens with zero attached hydrogens (tertiary/aromatic N) is 1. The molecule has 0 saturated heterocycles. The Labute approximate surface area is 138 Å². The van der Waals surface area contributed by atoms with E-state index in [9.17, 15) is 9.59 Å². The van der Waals surface area contributed by atoms with E-state index in [2.05, 4.69) is 0 Å². The number of oxazole rings is 1. The van der Waals surface area contributed by atoms with Gasteiger partial charge in [-0.15, -0.1) is 0 Å². The zero-order valence-electron chi connectivity index (χ0n) is 10.7. The minimum absolute atomic E-state index is 0. The Kier molecular flexibility index (Phi) is 7.05. The summed E-state index contributed by atoms with van der Waals surface area (Å²) in [7, 11) is 0. The first kappa shape index (κ1) is 17.0. The SMILES string of the molecule is O=C(O)CCCCCCn1c(=O)oc2ccccc21.[NaH]. The van der Waals surface area contributed by atoms with E-state index >= 15 is 0 Å². The molecule has 2 rings (SSSR count). The number of unbranched alkanes of at least 4 members (excludes halogenated alkanes) is 3. The van der Waals surface area contributed by atoms with Gasteiger partial charge in [0.25, 0.3) is 0 Å². The fourth-order valence-electron chi connectivity index (χ4n) is 2.13. The van der Waals surface area contributed by atoms with E-state index < -0.39 is 5.97 Å². The summed E-state index contributed by atoms with van der Waals surface area (Å²) in [6, 6.07) is 7.35. The van der Waals surface area contributed by atoms with E-state index in [1.54, 1.807) is 10.6 Å². The maximum absolute atomic E-state index is 11.7. The summed E-state index contributed by atoms with van der Waals surface area (Å²) in [5.41, 5.74) is 1.43. The number of carboxylic acids is 1. The molecule has 20 heavy (non-hydrogen) atoms. The summed E-state index contributed by atoms with van der Waals surface area (Å²) >= 11 is 0. The minimum atomic E-state index is -0.753. The van der Waals surface area contributed by atoms with Gasteiger partial charge in [0.05, 0.1) is 5.52 Å². The van der Waals surface area contributed by atoms with Crippen LogP contribution in [0.25, 0.3) is 11.1 Å². The number of hydrogen-bond donors (Lipinski definition) is 1. The molecule has 0 fully saturated rings. The second-order valence-electron chi connectivity index (χ2n) is 4.55. The predicted octanol–water partition coefficient (Wildman–Crippen LogP) is 1.98. The molecule has 0 spiro atoms.